The summed E-state index contributed by atoms with van der Waals surface area (Å²) >= 11 is 0. The van der Waals surface area contributed by atoms with Gasteiger partial charge in [-0.15, -0.1) is 0 Å². The maximum absolute atomic E-state index is 2.43. The molecule has 25 heavy (non-hydrogen) atoms. The first-order valence-electron chi connectivity index (χ1n) is 11.1. The summed E-state index contributed by atoms with van der Waals surface area (Å²) in [5.74, 6) is 3.90. The van der Waals surface area contributed by atoms with Crippen molar-refractivity contribution in [1.29, 1.82) is 0 Å². The SMILES string of the molecule is CCCc1c(C)c(CC)c(C)c(C)c1C1CC2CCC(CC)CC2C1. The molecule has 2 aliphatic rings. The van der Waals surface area contributed by atoms with Crippen molar-refractivity contribution in [3.8, 4) is 0 Å². The molecule has 2 fully saturated rings. The molecule has 0 bridgehead atoms. The molecule has 0 heteroatoms. The Bertz CT molecular complexity index is 609. The van der Waals surface area contributed by atoms with Crippen molar-refractivity contribution in [1.82, 2.24) is 0 Å². The molecule has 2 saturated carbocycles. The molecular weight excluding hydrogens is 300 g/mol. The van der Waals surface area contributed by atoms with E-state index in [2.05, 4.69) is 41.5 Å². The number of hydrogen-bond donors (Lipinski definition) is 0. The Morgan fingerprint density at radius 3 is 2.12 bits per heavy atom. The van der Waals surface area contributed by atoms with Crippen LogP contribution in [0.2, 0.25) is 0 Å². The fourth-order valence-corrected chi connectivity index (χ4v) is 6.43. The van der Waals surface area contributed by atoms with Gasteiger partial charge in [0, 0.05) is 0 Å². The first-order chi connectivity index (χ1) is 12.0. The predicted molar refractivity (Wildman–Crippen MR) is 111 cm³/mol. The van der Waals surface area contributed by atoms with E-state index in [1.807, 2.05) is 0 Å². The number of rotatable bonds is 5. The fraction of sp³-hybridized carbons (Fsp3) is 0.760. The van der Waals surface area contributed by atoms with E-state index in [-0.39, 0.29) is 0 Å². The zero-order valence-electron chi connectivity index (χ0n) is 17.7. The van der Waals surface area contributed by atoms with Gasteiger partial charge in [-0.3, -0.25) is 0 Å². The van der Waals surface area contributed by atoms with Crippen LogP contribution in [0.1, 0.15) is 105 Å². The summed E-state index contributed by atoms with van der Waals surface area (Å²) in [6, 6.07) is 0. The van der Waals surface area contributed by atoms with Gasteiger partial charge in [0.15, 0.2) is 0 Å². The van der Waals surface area contributed by atoms with E-state index in [1.165, 1.54) is 57.8 Å². The van der Waals surface area contributed by atoms with Crippen LogP contribution in [-0.4, -0.2) is 0 Å². The lowest BCUT2D eigenvalue weighted by Gasteiger charge is -2.31. The molecule has 0 heterocycles. The lowest BCUT2D eigenvalue weighted by molar-refractivity contribution is 0.204. The molecule has 1 aromatic rings. The quantitative estimate of drug-likeness (QED) is 0.522. The third-order valence-electron chi connectivity index (χ3n) is 7.91. The van der Waals surface area contributed by atoms with Gasteiger partial charge in [-0.05, 0) is 116 Å². The molecule has 0 aliphatic heterocycles. The van der Waals surface area contributed by atoms with Gasteiger partial charge in [0.1, 0.15) is 0 Å². The Kier molecular flexibility index (Phi) is 5.96. The van der Waals surface area contributed by atoms with Crippen LogP contribution in [0, 0.1) is 38.5 Å². The highest BCUT2D eigenvalue weighted by molar-refractivity contribution is 5.52. The summed E-state index contributed by atoms with van der Waals surface area (Å²) in [4.78, 5) is 0. The van der Waals surface area contributed by atoms with Crippen LogP contribution < -0.4 is 0 Å². The van der Waals surface area contributed by atoms with Gasteiger partial charge in [-0.1, -0.05) is 40.0 Å². The summed E-state index contributed by atoms with van der Waals surface area (Å²) in [6.07, 6.45) is 12.6. The second kappa shape index (κ2) is 7.85. The van der Waals surface area contributed by atoms with Crippen LogP contribution in [-0.2, 0) is 12.8 Å². The molecule has 0 N–H and O–H groups in total. The average Bonchev–Trinajstić information content (AvgIpc) is 3.02. The molecule has 0 nitrogen and oxygen atoms in total. The van der Waals surface area contributed by atoms with Crippen LogP contribution in [0.25, 0.3) is 0 Å². The Morgan fingerprint density at radius 1 is 0.760 bits per heavy atom. The van der Waals surface area contributed by atoms with Crippen molar-refractivity contribution in [3.63, 3.8) is 0 Å². The van der Waals surface area contributed by atoms with Crippen molar-refractivity contribution in [2.24, 2.45) is 17.8 Å². The van der Waals surface area contributed by atoms with Gasteiger partial charge < -0.3 is 0 Å². The van der Waals surface area contributed by atoms with E-state index in [0.29, 0.717) is 0 Å². The van der Waals surface area contributed by atoms with E-state index in [9.17, 15) is 0 Å². The monoisotopic (exact) mass is 340 g/mol. The van der Waals surface area contributed by atoms with Crippen molar-refractivity contribution in [3.05, 3.63) is 33.4 Å². The van der Waals surface area contributed by atoms with Crippen LogP contribution in [0.3, 0.4) is 0 Å². The summed E-state index contributed by atoms with van der Waals surface area (Å²) < 4.78 is 0. The Morgan fingerprint density at radius 2 is 1.48 bits per heavy atom. The lowest BCUT2D eigenvalue weighted by Crippen LogP contribution is -2.19. The highest BCUT2D eigenvalue weighted by Gasteiger charge is 2.40. The number of benzene rings is 1. The van der Waals surface area contributed by atoms with Crippen molar-refractivity contribution in [2.45, 2.75) is 105 Å². The first-order valence-corrected chi connectivity index (χ1v) is 11.1. The van der Waals surface area contributed by atoms with Crippen molar-refractivity contribution >= 4 is 0 Å². The molecule has 4 unspecified atom stereocenters. The zero-order valence-corrected chi connectivity index (χ0v) is 17.7. The molecule has 0 aromatic heterocycles. The van der Waals surface area contributed by atoms with Gasteiger partial charge in [0.25, 0.3) is 0 Å². The van der Waals surface area contributed by atoms with Gasteiger partial charge in [0.2, 0.25) is 0 Å². The summed E-state index contributed by atoms with van der Waals surface area (Å²) in [6.45, 7) is 14.3. The smallest absolute Gasteiger partial charge is 0.0151 e. The second-order valence-corrected chi connectivity index (χ2v) is 9.13. The second-order valence-electron chi connectivity index (χ2n) is 9.13. The molecule has 3 rings (SSSR count). The van der Waals surface area contributed by atoms with E-state index < -0.39 is 0 Å². The molecule has 0 amide bonds. The predicted octanol–water partition coefficient (Wildman–Crippen LogP) is 7.45. The standard InChI is InChI=1S/C25H40/c1-7-10-24-18(6)23(9-3)16(4)17(5)25(24)22-14-20-12-11-19(8-2)13-21(20)15-22/h19-22H,7-15H2,1-6H3. The van der Waals surface area contributed by atoms with Crippen LogP contribution in [0.15, 0.2) is 0 Å². The first kappa shape index (κ1) is 19.0. The maximum Gasteiger partial charge on any atom is -0.0151 e. The molecule has 0 radical (unpaired) electrons. The Balaban J connectivity index is 1.97. The van der Waals surface area contributed by atoms with E-state index in [0.717, 1.165) is 23.7 Å². The third-order valence-corrected chi connectivity index (χ3v) is 7.91. The Labute approximate surface area is 156 Å². The van der Waals surface area contributed by atoms with Crippen molar-refractivity contribution in [2.75, 3.05) is 0 Å². The average molecular weight is 341 g/mol. The largest absolute Gasteiger partial charge is 0.0651 e. The summed E-state index contributed by atoms with van der Waals surface area (Å²) in [5, 5.41) is 0. The zero-order chi connectivity index (χ0) is 18.1. The minimum atomic E-state index is 0.843. The summed E-state index contributed by atoms with van der Waals surface area (Å²) in [7, 11) is 0. The molecular formula is C25H40. The highest BCUT2D eigenvalue weighted by Crippen LogP contribution is 2.52. The highest BCUT2D eigenvalue weighted by atomic mass is 14.4. The maximum atomic E-state index is 2.43. The number of hydrogen-bond acceptors (Lipinski definition) is 0. The van der Waals surface area contributed by atoms with Gasteiger partial charge in [-0.25, -0.2) is 0 Å². The van der Waals surface area contributed by atoms with Gasteiger partial charge in [-0.2, -0.15) is 0 Å². The topological polar surface area (TPSA) is 0 Å². The normalized spacial score (nSPS) is 29.0. The molecule has 0 spiro atoms. The molecule has 1 aromatic carbocycles. The van der Waals surface area contributed by atoms with Gasteiger partial charge >= 0.3 is 0 Å². The number of fused-ring (bicyclic) bond motifs is 1. The minimum Gasteiger partial charge on any atom is -0.0651 e. The Hall–Kier alpha value is -0.780. The fourth-order valence-electron chi connectivity index (χ4n) is 6.43. The van der Waals surface area contributed by atoms with Crippen LogP contribution in [0.4, 0.5) is 0 Å². The van der Waals surface area contributed by atoms with Crippen molar-refractivity contribution < 1.29 is 0 Å². The molecule has 2 aliphatic carbocycles. The van der Waals surface area contributed by atoms with E-state index >= 15 is 0 Å². The summed E-state index contributed by atoms with van der Waals surface area (Å²) in [5.41, 5.74) is 10.0. The van der Waals surface area contributed by atoms with Gasteiger partial charge in [0.05, 0.1) is 0 Å². The third kappa shape index (κ3) is 3.43. The minimum absolute atomic E-state index is 0.843. The molecule has 140 valence electrons. The van der Waals surface area contributed by atoms with Crippen LogP contribution in [0.5, 0.6) is 0 Å². The van der Waals surface area contributed by atoms with E-state index in [4.69, 9.17) is 0 Å². The molecule has 0 saturated heterocycles. The lowest BCUT2D eigenvalue weighted by atomic mass is 9.75. The molecule has 4 atom stereocenters. The van der Waals surface area contributed by atoms with Crippen LogP contribution >= 0.6 is 0 Å². The van der Waals surface area contributed by atoms with E-state index in [1.54, 1.807) is 33.4 Å².